The topological polar surface area (TPSA) is 76.7 Å². The fraction of sp³-hybridized carbons (Fsp3) is 0.312. The molecular weight excluding hydrogens is 434 g/mol. The summed E-state index contributed by atoms with van der Waals surface area (Å²) in [5, 5.41) is 8.28. The molecule has 0 unspecified atom stereocenters. The van der Waals surface area contributed by atoms with Crippen LogP contribution in [0.1, 0.15) is 20.8 Å². The maximum Gasteiger partial charge on any atom is 3.00 e. The first-order valence-corrected chi connectivity index (χ1v) is 8.11. The van der Waals surface area contributed by atoms with Gasteiger partial charge < -0.3 is 5.41 Å². The van der Waals surface area contributed by atoms with Crippen molar-refractivity contribution in [1.29, 1.82) is 0 Å². The van der Waals surface area contributed by atoms with Crippen LogP contribution in [-0.4, -0.2) is 24.7 Å². The summed E-state index contributed by atoms with van der Waals surface area (Å²) in [6.45, 7) is 5.81. The van der Waals surface area contributed by atoms with Crippen molar-refractivity contribution >= 4 is 16.3 Å². The summed E-state index contributed by atoms with van der Waals surface area (Å²) in [6.07, 6.45) is 21.2. The Hall–Kier alpha value is 0.253. The molecule has 0 aromatic heterocycles. The van der Waals surface area contributed by atoms with E-state index in [1.54, 1.807) is 0 Å². The third-order valence-corrected chi connectivity index (χ3v) is 2.38. The van der Waals surface area contributed by atoms with Crippen molar-refractivity contribution in [2.45, 2.75) is 26.3 Å². The van der Waals surface area contributed by atoms with Crippen molar-refractivity contribution in [2.24, 2.45) is 5.41 Å². The van der Waals surface area contributed by atoms with E-state index in [-0.39, 0.29) is 31.6 Å². The Morgan fingerprint density at radius 3 is 0.960 bits per heavy atom. The molecular formula is C16H21F3NO3SZr+2. The predicted octanol–water partition coefficient (Wildman–Crippen LogP) is 4.11. The fourth-order valence-corrected chi connectivity index (χ4v) is 0.642. The van der Waals surface area contributed by atoms with E-state index in [4.69, 9.17) is 18.4 Å². The number of hydrogen-bond donors (Lipinski definition) is 1. The average molecular weight is 456 g/mol. The van der Waals surface area contributed by atoms with Crippen LogP contribution in [0.5, 0.6) is 0 Å². The maximum absolute atomic E-state index is 10.7. The molecule has 11 radical (unpaired) electrons. The van der Waals surface area contributed by atoms with Gasteiger partial charge in [-0.25, -0.2) is 6.21 Å². The first-order chi connectivity index (χ1) is 10.8. The van der Waals surface area contributed by atoms with E-state index in [1.165, 1.54) is 6.21 Å². The van der Waals surface area contributed by atoms with Gasteiger partial charge in [0.2, 0.25) is 0 Å². The molecule has 4 nitrogen and oxygen atoms in total. The first-order valence-electron chi connectivity index (χ1n) is 6.67. The minimum atomic E-state index is -5.84. The fourth-order valence-electron chi connectivity index (χ4n) is 0.642. The molecule has 0 saturated heterocycles. The molecule has 1 N–H and O–H groups in total. The first kappa shape index (κ1) is 30.0. The zero-order valence-corrected chi connectivity index (χ0v) is 17.4. The van der Waals surface area contributed by atoms with Crippen LogP contribution in [0.4, 0.5) is 13.2 Å². The van der Waals surface area contributed by atoms with Crippen molar-refractivity contribution < 1.29 is 52.3 Å². The molecule has 0 aliphatic heterocycles. The molecule has 2 fully saturated rings. The molecule has 2 aliphatic rings. The van der Waals surface area contributed by atoms with Crippen molar-refractivity contribution in [3.63, 3.8) is 0 Å². The van der Waals surface area contributed by atoms with E-state index in [9.17, 15) is 13.2 Å². The van der Waals surface area contributed by atoms with Crippen LogP contribution in [-0.2, 0) is 36.3 Å². The van der Waals surface area contributed by atoms with Crippen LogP contribution in [0.2, 0.25) is 0 Å². The van der Waals surface area contributed by atoms with Gasteiger partial charge in [0, 0.05) is 0 Å². The quantitative estimate of drug-likeness (QED) is 0.339. The number of rotatable bonds is 0. The van der Waals surface area contributed by atoms with Crippen LogP contribution in [0.15, 0.2) is 0 Å². The van der Waals surface area contributed by atoms with Crippen LogP contribution in [0.3, 0.4) is 0 Å². The predicted molar refractivity (Wildman–Crippen MR) is 89.5 cm³/mol. The number of nitrogens with zero attached hydrogens (tertiary/aromatic N) is 1. The summed E-state index contributed by atoms with van der Waals surface area (Å²) in [5.41, 5.74) is -5.56. The van der Waals surface area contributed by atoms with E-state index in [0.717, 1.165) is 0 Å². The average Bonchev–Trinajstić information content (AvgIpc) is 3.15. The van der Waals surface area contributed by atoms with Crippen molar-refractivity contribution in [1.82, 2.24) is 0 Å². The number of alkyl halides is 3. The Kier molecular flexibility index (Phi) is 18.4. The summed E-state index contributed by atoms with van der Waals surface area (Å²) in [5.74, 6) is 0. The van der Waals surface area contributed by atoms with Gasteiger partial charge in [0.25, 0.3) is 0 Å². The van der Waals surface area contributed by atoms with Crippen molar-refractivity contribution in [3.8, 4) is 0 Å². The van der Waals surface area contributed by atoms with Crippen LogP contribution in [0.25, 0.3) is 5.41 Å². The molecule has 2 saturated carbocycles. The van der Waals surface area contributed by atoms with Gasteiger partial charge in [-0.15, -0.1) is 0 Å². The Labute approximate surface area is 169 Å². The second-order valence-electron chi connectivity index (χ2n) is 5.34. The van der Waals surface area contributed by atoms with E-state index in [2.05, 4.69) is 0 Å². The molecule has 0 bridgehead atoms. The van der Waals surface area contributed by atoms with Gasteiger partial charge in [0.1, 0.15) is 0 Å². The molecule has 137 valence electrons. The van der Waals surface area contributed by atoms with Gasteiger partial charge in [0.05, 0.1) is 0 Å². The van der Waals surface area contributed by atoms with E-state index in [1.807, 2.05) is 85.0 Å². The summed E-state index contributed by atoms with van der Waals surface area (Å²) < 4.78 is 57.5. The smallest absolute Gasteiger partial charge is 0.814 e. The van der Waals surface area contributed by atoms with Gasteiger partial charge in [-0.1, -0.05) is 20.8 Å². The minimum absolute atomic E-state index is 0. The molecule has 2 aliphatic carbocycles. The Bertz CT molecular complexity index is 388. The monoisotopic (exact) mass is 454 g/mol. The SMILES string of the molecule is CC(C)(C)C=[N-].O=S(=O)(O)C(F)(F)F.[CH]1[CH][CH][CH][CH]1.[CH]1[CH][CH][CH][CH]1.[Zr+3]. The van der Waals surface area contributed by atoms with Gasteiger partial charge in [-0.2, -0.15) is 21.6 Å². The molecule has 0 heterocycles. The molecule has 9 heteroatoms. The Morgan fingerprint density at radius 2 is 0.920 bits per heavy atom. The zero-order chi connectivity index (χ0) is 19.3. The molecule has 0 aromatic carbocycles. The zero-order valence-electron chi connectivity index (χ0n) is 14.1. The normalized spacial score (nSPS) is 16.8. The molecule has 25 heavy (non-hydrogen) atoms. The molecule has 0 amide bonds. The van der Waals surface area contributed by atoms with Gasteiger partial charge in [0.15, 0.2) is 0 Å². The molecule has 0 spiro atoms. The summed E-state index contributed by atoms with van der Waals surface area (Å²) in [4.78, 5) is 0. The van der Waals surface area contributed by atoms with Crippen LogP contribution >= 0.6 is 0 Å². The summed E-state index contributed by atoms with van der Waals surface area (Å²) in [6, 6.07) is 0. The maximum atomic E-state index is 10.7. The largest absolute Gasteiger partial charge is 3.00 e. The third-order valence-electron chi connectivity index (χ3n) is 1.79. The molecule has 0 atom stereocenters. The molecule has 0 aromatic rings. The second-order valence-corrected chi connectivity index (χ2v) is 6.75. The van der Waals surface area contributed by atoms with Crippen molar-refractivity contribution in [2.75, 3.05) is 0 Å². The standard InChI is InChI=1S/C5H10N.2C5H5.CHF3O3S.Zr/c1-5(2,3)4-6;2*1-2-4-5-3-1;2-1(3,4)8(5,6)7;/h4H,1-3H3;2*1-5H;(H,5,6,7);/q-1;;;;+3. The second kappa shape index (κ2) is 15.3. The molecule has 2 rings (SSSR count). The number of halogens is 3. The van der Waals surface area contributed by atoms with Crippen molar-refractivity contribution in [3.05, 3.63) is 69.6 Å². The van der Waals surface area contributed by atoms with Gasteiger partial charge >= 0.3 is 41.8 Å². The van der Waals surface area contributed by atoms with Crippen LogP contribution in [0, 0.1) is 69.6 Å². The summed E-state index contributed by atoms with van der Waals surface area (Å²) in [7, 11) is -5.84. The van der Waals surface area contributed by atoms with Gasteiger partial charge in [-0.05, 0) is 69.6 Å². The Balaban J connectivity index is -0.000000258. The minimum Gasteiger partial charge on any atom is -0.814 e. The van der Waals surface area contributed by atoms with E-state index in [0.29, 0.717) is 0 Å². The van der Waals surface area contributed by atoms with E-state index >= 15 is 0 Å². The van der Waals surface area contributed by atoms with Gasteiger partial charge in [-0.3, -0.25) is 4.55 Å². The van der Waals surface area contributed by atoms with E-state index < -0.39 is 15.6 Å². The van der Waals surface area contributed by atoms with Crippen LogP contribution < -0.4 is 0 Å². The number of hydrogen-bond acceptors (Lipinski definition) is 2. The third kappa shape index (κ3) is 24.3. The Morgan fingerprint density at radius 1 is 0.800 bits per heavy atom. The summed E-state index contributed by atoms with van der Waals surface area (Å²) >= 11 is 0.